The molecule has 0 aromatic heterocycles. The number of hydrogen-bond acceptors (Lipinski definition) is 5. The van der Waals surface area contributed by atoms with Crippen LogP contribution in [0.2, 0.25) is 0 Å². The molecule has 6 heteroatoms. The number of carbonyl (C=O) groups excluding carboxylic acids is 1. The van der Waals surface area contributed by atoms with Crippen molar-refractivity contribution in [3.05, 3.63) is 16.6 Å². The number of carbonyl (C=O) groups is 1. The van der Waals surface area contributed by atoms with Crippen LogP contribution in [0.25, 0.3) is 0 Å². The molecule has 0 fully saturated rings. The minimum Gasteiger partial charge on any atom is -0.465 e. The molecular weight excluding hydrogens is 392 g/mol. The van der Waals surface area contributed by atoms with Crippen molar-refractivity contribution >= 4 is 33.7 Å². The van der Waals surface area contributed by atoms with E-state index in [-0.39, 0.29) is 12.8 Å². The Morgan fingerprint density at radius 2 is 2.08 bits per heavy atom. The van der Waals surface area contributed by atoms with Gasteiger partial charge in [-0.15, -0.1) is 11.8 Å². The summed E-state index contributed by atoms with van der Waals surface area (Å²) in [5.74, 6) is 2.57. The fourth-order valence-corrected chi connectivity index (χ4v) is 3.98. The molecule has 0 N–H and O–H groups in total. The van der Waals surface area contributed by atoms with Crippen molar-refractivity contribution in [2.75, 3.05) is 19.2 Å². The van der Waals surface area contributed by atoms with Crippen molar-refractivity contribution in [2.45, 2.75) is 50.8 Å². The monoisotopic (exact) mass is 416 g/mol. The highest BCUT2D eigenvalue weighted by Crippen LogP contribution is 2.40. The standard InChI is InChI=1S/C18H25BrO4S/c1-3-5-6-13(4-2)11-21-18(20)7-8-24-17-10-16-15(9-14(17)19)22-12-23-16/h9-10,13H,3-8,11-12H2,1-2H3. The fourth-order valence-electron chi connectivity index (χ4n) is 2.43. The molecule has 0 spiro atoms. The normalized spacial score (nSPS) is 13.8. The van der Waals surface area contributed by atoms with E-state index < -0.39 is 0 Å². The molecule has 134 valence electrons. The summed E-state index contributed by atoms with van der Waals surface area (Å²) in [6.07, 6.45) is 5.00. The number of benzene rings is 1. The lowest BCUT2D eigenvalue weighted by atomic mass is 10.0. The Hall–Kier alpha value is -0.880. The van der Waals surface area contributed by atoms with E-state index >= 15 is 0 Å². The molecule has 0 saturated carbocycles. The van der Waals surface area contributed by atoms with Gasteiger partial charge in [0, 0.05) is 15.1 Å². The fraction of sp³-hybridized carbons (Fsp3) is 0.611. The first-order valence-electron chi connectivity index (χ1n) is 8.51. The van der Waals surface area contributed by atoms with E-state index in [2.05, 4.69) is 29.8 Å². The highest BCUT2D eigenvalue weighted by Gasteiger charge is 2.17. The molecule has 0 bridgehead atoms. The maximum Gasteiger partial charge on any atom is 0.306 e. The zero-order valence-electron chi connectivity index (χ0n) is 14.3. The number of hydrogen-bond donors (Lipinski definition) is 0. The third-order valence-corrected chi connectivity index (χ3v) is 5.99. The Balaban J connectivity index is 1.71. The molecule has 1 unspecified atom stereocenters. The van der Waals surface area contributed by atoms with E-state index in [1.807, 2.05) is 12.1 Å². The summed E-state index contributed by atoms with van der Waals surface area (Å²) in [5.41, 5.74) is 0. The lowest BCUT2D eigenvalue weighted by Crippen LogP contribution is -2.14. The van der Waals surface area contributed by atoms with E-state index in [0.717, 1.165) is 33.7 Å². The summed E-state index contributed by atoms with van der Waals surface area (Å²) in [4.78, 5) is 13.0. The van der Waals surface area contributed by atoms with Crippen molar-refractivity contribution < 1.29 is 19.0 Å². The summed E-state index contributed by atoms with van der Waals surface area (Å²) in [5, 5.41) is 0. The van der Waals surface area contributed by atoms with E-state index in [0.29, 0.717) is 24.7 Å². The largest absolute Gasteiger partial charge is 0.465 e. The van der Waals surface area contributed by atoms with Crippen LogP contribution in [-0.2, 0) is 9.53 Å². The lowest BCUT2D eigenvalue weighted by molar-refractivity contribution is -0.144. The van der Waals surface area contributed by atoms with Gasteiger partial charge >= 0.3 is 5.97 Å². The molecule has 1 heterocycles. The van der Waals surface area contributed by atoms with Crippen LogP contribution in [-0.4, -0.2) is 25.1 Å². The second-order valence-corrected chi connectivity index (χ2v) is 7.82. The zero-order valence-corrected chi connectivity index (χ0v) is 16.7. The van der Waals surface area contributed by atoms with Crippen LogP contribution in [0, 0.1) is 5.92 Å². The minimum atomic E-state index is -0.116. The SMILES string of the molecule is CCCCC(CC)COC(=O)CCSc1cc2c(cc1Br)OCO2. The van der Waals surface area contributed by atoms with Crippen LogP contribution in [0.1, 0.15) is 46.0 Å². The van der Waals surface area contributed by atoms with E-state index in [1.54, 1.807) is 11.8 Å². The zero-order chi connectivity index (χ0) is 17.4. The van der Waals surface area contributed by atoms with Crippen molar-refractivity contribution in [3.63, 3.8) is 0 Å². The summed E-state index contributed by atoms with van der Waals surface area (Å²) < 4.78 is 17.1. The van der Waals surface area contributed by atoms with Gasteiger partial charge in [-0.3, -0.25) is 4.79 Å². The molecule has 0 saturated heterocycles. The highest BCUT2D eigenvalue weighted by atomic mass is 79.9. The summed E-state index contributed by atoms with van der Waals surface area (Å²) in [6.45, 7) is 5.15. The average molecular weight is 417 g/mol. The van der Waals surface area contributed by atoms with Crippen molar-refractivity contribution in [3.8, 4) is 11.5 Å². The van der Waals surface area contributed by atoms with E-state index in [9.17, 15) is 4.79 Å². The molecule has 24 heavy (non-hydrogen) atoms. The quantitative estimate of drug-likeness (QED) is 0.376. The first-order valence-corrected chi connectivity index (χ1v) is 10.3. The molecule has 2 rings (SSSR count). The van der Waals surface area contributed by atoms with Crippen LogP contribution in [0.3, 0.4) is 0 Å². The van der Waals surface area contributed by atoms with Gasteiger partial charge in [-0.2, -0.15) is 0 Å². The van der Waals surface area contributed by atoms with Gasteiger partial charge in [0.05, 0.1) is 13.0 Å². The Morgan fingerprint density at radius 1 is 1.33 bits per heavy atom. The Morgan fingerprint density at radius 3 is 2.79 bits per heavy atom. The molecule has 0 radical (unpaired) electrons. The van der Waals surface area contributed by atoms with Crippen LogP contribution < -0.4 is 9.47 Å². The topological polar surface area (TPSA) is 44.8 Å². The maximum atomic E-state index is 11.9. The number of esters is 1. The third-order valence-electron chi connectivity index (χ3n) is 4.01. The molecule has 0 aliphatic carbocycles. The minimum absolute atomic E-state index is 0.116. The first kappa shape index (κ1) is 19.4. The van der Waals surface area contributed by atoms with Crippen LogP contribution in [0.15, 0.2) is 21.5 Å². The Kier molecular flexibility index (Phi) is 8.25. The maximum absolute atomic E-state index is 11.9. The van der Waals surface area contributed by atoms with Gasteiger partial charge in [0.1, 0.15) is 0 Å². The number of fused-ring (bicyclic) bond motifs is 1. The number of ether oxygens (including phenoxy) is 3. The smallest absolute Gasteiger partial charge is 0.306 e. The first-order chi connectivity index (χ1) is 11.6. The van der Waals surface area contributed by atoms with Gasteiger partial charge in [0.25, 0.3) is 0 Å². The van der Waals surface area contributed by atoms with Gasteiger partial charge in [-0.1, -0.05) is 33.1 Å². The Labute approximate surface area is 156 Å². The molecule has 1 aliphatic rings. The number of unbranched alkanes of at least 4 members (excludes halogenated alkanes) is 1. The van der Waals surface area contributed by atoms with Gasteiger partial charge in [0.15, 0.2) is 11.5 Å². The third kappa shape index (κ3) is 5.88. The van der Waals surface area contributed by atoms with Gasteiger partial charge in [0.2, 0.25) is 6.79 Å². The van der Waals surface area contributed by atoms with Crippen LogP contribution in [0.5, 0.6) is 11.5 Å². The van der Waals surface area contributed by atoms with E-state index in [4.69, 9.17) is 14.2 Å². The predicted octanol–water partition coefficient (Wildman–Crippen LogP) is 5.42. The van der Waals surface area contributed by atoms with Crippen LogP contribution in [0.4, 0.5) is 0 Å². The van der Waals surface area contributed by atoms with Gasteiger partial charge in [-0.25, -0.2) is 0 Å². The molecular formula is C18H25BrO4S. The highest BCUT2D eigenvalue weighted by molar-refractivity contribution is 9.10. The molecule has 4 nitrogen and oxygen atoms in total. The van der Waals surface area contributed by atoms with Gasteiger partial charge < -0.3 is 14.2 Å². The van der Waals surface area contributed by atoms with Crippen molar-refractivity contribution in [2.24, 2.45) is 5.92 Å². The molecule has 0 amide bonds. The molecule has 1 aliphatic heterocycles. The second-order valence-electron chi connectivity index (χ2n) is 5.83. The summed E-state index contributed by atoms with van der Waals surface area (Å²) in [7, 11) is 0. The van der Waals surface area contributed by atoms with Crippen molar-refractivity contribution in [1.82, 2.24) is 0 Å². The van der Waals surface area contributed by atoms with E-state index in [1.165, 1.54) is 12.8 Å². The lowest BCUT2D eigenvalue weighted by Gasteiger charge is -2.14. The summed E-state index contributed by atoms with van der Waals surface area (Å²) >= 11 is 5.14. The molecule has 1 aromatic rings. The van der Waals surface area contributed by atoms with Gasteiger partial charge in [-0.05, 0) is 40.4 Å². The summed E-state index contributed by atoms with van der Waals surface area (Å²) in [6, 6.07) is 3.85. The number of rotatable bonds is 10. The van der Waals surface area contributed by atoms with Crippen molar-refractivity contribution in [1.29, 1.82) is 0 Å². The molecule has 1 atom stereocenters. The predicted molar refractivity (Wildman–Crippen MR) is 99.9 cm³/mol. The Bertz CT molecular complexity index is 550. The number of halogens is 1. The second kappa shape index (κ2) is 10.2. The average Bonchev–Trinajstić information content (AvgIpc) is 3.02. The van der Waals surface area contributed by atoms with Crippen LogP contribution >= 0.6 is 27.7 Å². The number of thioether (sulfide) groups is 1. The molecule has 1 aromatic carbocycles.